The molecule has 2 aromatic rings. The molecule has 0 unspecified atom stereocenters. The molecule has 34 heavy (non-hydrogen) atoms. The summed E-state index contributed by atoms with van der Waals surface area (Å²) in [7, 11) is 0. The average molecular weight is 483 g/mol. The second-order valence-electron chi connectivity index (χ2n) is 8.12. The number of halogens is 4. The Labute approximate surface area is 190 Å². The monoisotopic (exact) mass is 483 g/mol. The van der Waals surface area contributed by atoms with E-state index in [2.05, 4.69) is 5.32 Å². The van der Waals surface area contributed by atoms with E-state index in [-0.39, 0.29) is 23.9 Å². The normalized spacial score (nSPS) is 20.0. The van der Waals surface area contributed by atoms with Gasteiger partial charge < -0.3 is 24.6 Å². The third-order valence-electron chi connectivity index (χ3n) is 5.95. The van der Waals surface area contributed by atoms with Crippen molar-refractivity contribution in [3.8, 4) is 5.75 Å². The molecule has 2 aliphatic rings. The van der Waals surface area contributed by atoms with Gasteiger partial charge in [-0.3, -0.25) is 14.4 Å². The number of carbonyl (C=O) groups excluding carboxylic acids is 2. The molecule has 2 aliphatic heterocycles. The van der Waals surface area contributed by atoms with Crippen LogP contribution in [0, 0.1) is 5.82 Å². The summed E-state index contributed by atoms with van der Waals surface area (Å²) >= 11 is 0. The molecule has 0 radical (unpaired) electrons. The number of benzene rings is 1. The second kappa shape index (κ2) is 8.75. The molecule has 0 bridgehead atoms. The Morgan fingerprint density at radius 3 is 2.71 bits per heavy atom. The van der Waals surface area contributed by atoms with E-state index in [9.17, 15) is 37.1 Å². The largest absolute Gasteiger partial charge is 0.503 e. The van der Waals surface area contributed by atoms with Gasteiger partial charge in [-0.25, -0.2) is 4.39 Å². The van der Waals surface area contributed by atoms with E-state index in [0.29, 0.717) is 25.1 Å². The van der Waals surface area contributed by atoms with Crippen molar-refractivity contribution >= 4 is 11.8 Å². The number of aromatic nitrogens is 1. The Morgan fingerprint density at radius 2 is 2.03 bits per heavy atom. The summed E-state index contributed by atoms with van der Waals surface area (Å²) in [6.45, 7) is 2.00. The van der Waals surface area contributed by atoms with Crippen LogP contribution in [0.1, 0.15) is 51.7 Å². The van der Waals surface area contributed by atoms with Gasteiger partial charge in [0.1, 0.15) is 11.4 Å². The van der Waals surface area contributed by atoms with Crippen molar-refractivity contribution in [2.45, 2.75) is 51.4 Å². The fourth-order valence-electron chi connectivity index (χ4n) is 4.13. The van der Waals surface area contributed by atoms with E-state index >= 15 is 0 Å². The third-order valence-corrected chi connectivity index (χ3v) is 5.95. The van der Waals surface area contributed by atoms with E-state index in [1.165, 1.54) is 9.47 Å². The van der Waals surface area contributed by atoms with E-state index in [4.69, 9.17) is 4.74 Å². The lowest BCUT2D eigenvalue weighted by molar-refractivity contribution is -0.140. The number of amides is 2. The molecular weight excluding hydrogens is 462 g/mol. The molecule has 1 aromatic heterocycles. The van der Waals surface area contributed by atoms with Crippen molar-refractivity contribution in [1.29, 1.82) is 0 Å². The summed E-state index contributed by atoms with van der Waals surface area (Å²) < 4.78 is 59.3. The van der Waals surface area contributed by atoms with Gasteiger partial charge in [-0.15, -0.1) is 0 Å². The first-order chi connectivity index (χ1) is 16.0. The molecule has 1 fully saturated rings. The number of nitrogens with zero attached hydrogens (tertiary/aromatic N) is 2. The zero-order valence-electron chi connectivity index (χ0n) is 18.0. The number of carbonyl (C=O) groups is 2. The minimum atomic E-state index is -4.91. The first-order valence-corrected chi connectivity index (χ1v) is 10.6. The Kier molecular flexibility index (Phi) is 6.11. The third kappa shape index (κ3) is 4.25. The number of rotatable bonds is 4. The van der Waals surface area contributed by atoms with Crippen LogP contribution in [0.15, 0.2) is 29.2 Å². The van der Waals surface area contributed by atoms with Crippen molar-refractivity contribution in [2.24, 2.45) is 0 Å². The molecule has 1 aromatic carbocycles. The Balaban J connectivity index is 1.58. The molecule has 3 heterocycles. The highest BCUT2D eigenvalue weighted by molar-refractivity contribution is 5.99. The summed E-state index contributed by atoms with van der Waals surface area (Å²) in [5, 5.41) is 12.7. The fraction of sp³-hybridized carbons (Fsp3) is 0.409. The Bertz CT molecular complexity index is 1210. The smallest absolute Gasteiger partial charge is 0.419 e. The maximum atomic E-state index is 13.5. The predicted octanol–water partition coefficient (Wildman–Crippen LogP) is 2.62. The Morgan fingerprint density at radius 1 is 1.29 bits per heavy atom. The van der Waals surface area contributed by atoms with Gasteiger partial charge in [-0.05, 0) is 30.5 Å². The number of hydrogen-bond acceptors (Lipinski definition) is 5. The lowest BCUT2D eigenvalue weighted by Gasteiger charge is -2.43. The van der Waals surface area contributed by atoms with Gasteiger partial charge in [-0.1, -0.05) is 13.0 Å². The second-order valence-corrected chi connectivity index (χ2v) is 8.12. The van der Waals surface area contributed by atoms with Gasteiger partial charge in [0.25, 0.3) is 11.8 Å². The summed E-state index contributed by atoms with van der Waals surface area (Å²) in [4.78, 5) is 39.5. The molecule has 2 N–H and O–H groups in total. The van der Waals surface area contributed by atoms with Crippen LogP contribution in [0.4, 0.5) is 17.6 Å². The average Bonchev–Trinajstić information content (AvgIpc) is 2.79. The molecular formula is C22H21F4N3O5. The van der Waals surface area contributed by atoms with Crippen molar-refractivity contribution in [1.82, 2.24) is 14.8 Å². The van der Waals surface area contributed by atoms with Crippen molar-refractivity contribution < 1.29 is 37.0 Å². The van der Waals surface area contributed by atoms with E-state index in [1.807, 2.05) is 6.92 Å². The fourth-order valence-corrected chi connectivity index (χ4v) is 4.13. The number of ether oxygens (including phenoxy) is 1. The van der Waals surface area contributed by atoms with Crippen LogP contribution in [0.25, 0.3) is 0 Å². The van der Waals surface area contributed by atoms with Crippen LogP contribution in [0.2, 0.25) is 0 Å². The predicted molar refractivity (Wildman–Crippen MR) is 110 cm³/mol. The molecule has 8 nitrogen and oxygen atoms in total. The highest BCUT2D eigenvalue weighted by Gasteiger charge is 2.40. The number of aromatic hydroxyl groups is 1. The number of pyridine rings is 1. The van der Waals surface area contributed by atoms with Gasteiger partial charge in [0.05, 0.1) is 18.2 Å². The number of fused-ring (bicyclic) bond motifs is 2. The number of alkyl halides is 3. The molecule has 2 amide bonds. The summed E-state index contributed by atoms with van der Waals surface area (Å²) in [5.74, 6) is -3.91. The quantitative estimate of drug-likeness (QED) is 0.652. The topological polar surface area (TPSA) is 101 Å². The molecule has 4 rings (SSSR count). The highest BCUT2D eigenvalue weighted by Crippen LogP contribution is 2.32. The van der Waals surface area contributed by atoms with Crippen molar-refractivity contribution in [3.63, 3.8) is 0 Å². The molecule has 1 saturated heterocycles. The van der Waals surface area contributed by atoms with Gasteiger partial charge >= 0.3 is 6.18 Å². The van der Waals surface area contributed by atoms with Gasteiger partial charge in [0, 0.05) is 19.3 Å². The van der Waals surface area contributed by atoms with E-state index in [1.54, 1.807) is 0 Å². The minimum absolute atomic E-state index is 0.0450. The lowest BCUT2D eigenvalue weighted by Crippen LogP contribution is -2.55. The molecule has 182 valence electrons. The lowest BCUT2D eigenvalue weighted by atomic mass is 10.1. The molecule has 0 spiro atoms. The van der Waals surface area contributed by atoms with Crippen molar-refractivity contribution in [2.75, 3.05) is 6.54 Å². The van der Waals surface area contributed by atoms with Crippen LogP contribution in [-0.4, -0.2) is 45.3 Å². The SMILES string of the molecule is CC[C@H]1CCN2C(=O)c3c(O)c(=O)c(C(=O)NCc4ccc(F)c(C(F)(F)F)c4)cn3C[C@@H]2O1. The van der Waals surface area contributed by atoms with Crippen LogP contribution >= 0.6 is 0 Å². The van der Waals surface area contributed by atoms with Crippen molar-refractivity contribution in [3.05, 3.63) is 62.8 Å². The first kappa shape index (κ1) is 23.7. The van der Waals surface area contributed by atoms with Crippen LogP contribution in [-0.2, 0) is 24.0 Å². The van der Waals surface area contributed by atoms with Gasteiger partial charge in [0.15, 0.2) is 17.7 Å². The van der Waals surface area contributed by atoms with E-state index in [0.717, 1.165) is 18.7 Å². The zero-order valence-corrected chi connectivity index (χ0v) is 18.0. The minimum Gasteiger partial charge on any atom is -0.503 e. The highest BCUT2D eigenvalue weighted by atomic mass is 19.4. The van der Waals surface area contributed by atoms with E-state index < -0.39 is 58.9 Å². The number of hydrogen-bond donors (Lipinski definition) is 2. The molecule has 2 atom stereocenters. The van der Waals surface area contributed by atoms with Gasteiger partial charge in [-0.2, -0.15) is 13.2 Å². The molecule has 0 saturated carbocycles. The summed E-state index contributed by atoms with van der Waals surface area (Å²) in [6, 6.07) is 2.26. The standard InChI is InChI=1S/C22H21F4N3O5/c1-2-12-5-6-29-16(34-12)10-28-9-13(18(30)19(31)17(28)21(29)33)20(32)27-8-11-3-4-15(23)14(7-11)22(24,25)26/h3-4,7,9,12,16,31H,2,5-6,8,10H2,1H3,(H,27,32)/t12-,16-/m0/s1. The van der Waals surface area contributed by atoms with Crippen LogP contribution in [0.5, 0.6) is 5.75 Å². The van der Waals surface area contributed by atoms with Crippen LogP contribution in [0.3, 0.4) is 0 Å². The van der Waals surface area contributed by atoms with Gasteiger partial charge in [0.2, 0.25) is 5.43 Å². The molecule has 0 aliphatic carbocycles. The first-order valence-electron chi connectivity index (χ1n) is 10.6. The summed E-state index contributed by atoms with van der Waals surface area (Å²) in [6.07, 6.45) is -3.12. The molecule has 12 heteroatoms. The maximum absolute atomic E-state index is 13.5. The number of nitrogens with one attached hydrogen (secondary N) is 1. The zero-order chi connectivity index (χ0) is 24.8. The van der Waals surface area contributed by atoms with Crippen LogP contribution < -0.4 is 10.7 Å². The Hall–Kier alpha value is -3.41. The summed E-state index contributed by atoms with van der Waals surface area (Å²) in [5.41, 5.74) is -3.37. The maximum Gasteiger partial charge on any atom is 0.419 e.